The van der Waals surface area contributed by atoms with Gasteiger partial charge in [-0.1, -0.05) is 23.7 Å². The molecule has 1 N–H and O–H groups in total. The summed E-state index contributed by atoms with van der Waals surface area (Å²) < 4.78 is 26.8. The van der Waals surface area contributed by atoms with Crippen molar-refractivity contribution in [1.82, 2.24) is 4.98 Å². The minimum Gasteiger partial charge on any atom is -0.610 e. The van der Waals surface area contributed by atoms with E-state index in [-0.39, 0.29) is 26.8 Å². The van der Waals surface area contributed by atoms with Gasteiger partial charge < -0.3 is 9.54 Å². The van der Waals surface area contributed by atoms with Crippen molar-refractivity contribution >= 4 is 55.4 Å². The number of carbonyl (C=O) groups excluding carboxylic acids is 1. The maximum Gasteiger partial charge on any atom is 0.238 e. The number of benzene rings is 2. The first-order chi connectivity index (χ1) is 12.3. The summed E-state index contributed by atoms with van der Waals surface area (Å²) in [6.07, 6.45) is 0. The number of fused-ring (bicyclic) bond motifs is 1. The van der Waals surface area contributed by atoms with Crippen molar-refractivity contribution in [2.24, 2.45) is 0 Å². The van der Waals surface area contributed by atoms with Crippen LogP contribution in [-0.2, 0) is 16.9 Å². The van der Waals surface area contributed by atoms with Gasteiger partial charge in [0.25, 0.3) is 0 Å². The molecule has 0 saturated heterocycles. The van der Waals surface area contributed by atoms with E-state index in [4.69, 9.17) is 11.6 Å². The number of pyridine rings is 1. The highest BCUT2D eigenvalue weighted by Crippen LogP contribution is 2.29. The van der Waals surface area contributed by atoms with Crippen LogP contribution < -0.4 is 5.43 Å². The monoisotopic (exact) mass is 455 g/mol. The number of ketones is 1. The molecule has 0 amide bonds. The largest absolute Gasteiger partial charge is 0.610 e. The smallest absolute Gasteiger partial charge is 0.238 e. The average Bonchev–Trinajstić information content (AvgIpc) is 2.57. The van der Waals surface area contributed by atoms with E-state index in [0.717, 1.165) is 0 Å². The summed E-state index contributed by atoms with van der Waals surface area (Å²) in [4.78, 5) is 27.8. The van der Waals surface area contributed by atoms with Crippen LogP contribution in [0.5, 0.6) is 0 Å². The summed E-state index contributed by atoms with van der Waals surface area (Å²) in [6, 6.07) is 8.86. The Hall–Kier alpha value is -1.67. The molecule has 0 aliphatic carbocycles. The summed E-state index contributed by atoms with van der Waals surface area (Å²) in [5.74, 6) is -1.02. The van der Waals surface area contributed by atoms with Gasteiger partial charge in [-0.3, -0.25) is 9.59 Å². The second kappa shape index (κ2) is 7.52. The fourth-order valence-corrected chi connectivity index (χ4v) is 4.62. The highest BCUT2D eigenvalue weighted by atomic mass is 79.9. The van der Waals surface area contributed by atoms with Crippen LogP contribution in [0.2, 0.25) is 5.02 Å². The van der Waals surface area contributed by atoms with E-state index in [9.17, 15) is 18.5 Å². The molecule has 0 fully saturated rings. The predicted molar refractivity (Wildman–Crippen MR) is 104 cm³/mol. The van der Waals surface area contributed by atoms with Crippen LogP contribution in [0.25, 0.3) is 10.9 Å². The lowest BCUT2D eigenvalue weighted by atomic mass is 10.1. The molecule has 0 saturated carbocycles. The van der Waals surface area contributed by atoms with Crippen molar-refractivity contribution in [3.8, 4) is 0 Å². The molecular formula is C18H12BrClFNO3S. The van der Waals surface area contributed by atoms with Crippen LogP contribution in [0.15, 0.2) is 50.7 Å². The van der Waals surface area contributed by atoms with Gasteiger partial charge in [0.1, 0.15) is 17.1 Å². The summed E-state index contributed by atoms with van der Waals surface area (Å²) in [6.45, 7) is 1.23. The number of hydrogen-bond acceptors (Lipinski definition) is 3. The van der Waals surface area contributed by atoms with E-state index < -0.39 is 28.2 Å². The molecule has 1 atom stereocenters. The third-order valence-electron chi connectivity index (χ3n) is 3.79. The number of hydrogen-bond donors (Lipinski definition) is 1. The molecule has 0 spiro atoms. The number of aromatic amines is 1. The van der Waals surface area contributed by atoms with E-state index in [1.165, 1.54) is 31.2 Å². The van der Waals surface area contributed by atoms with Gasteiger partial charge in [-0.25, -0.2) is 4.39 Å². The van der Waals surface area contributed by atoms with Gasteiger partial charge in [0, 0.05) is 21.2 Å². The van der Waals surface area contributed by atoms with Gasteiger partial charge in [0.05, 0.1) is 15.9 Å². The Morgan fingerprint density at radius 3 is 2.73 bits per heavy atom. The minimum absolute atomic E-state index is 0.00206. The third kappa shape index (κ3) is 3.57. The van der Waals surface area contributed by atoms with Crippen molar-refractivity contribution < 1.29 is 13.7 Å². The molecule has 1 aromatic heterocycles. The van der Waals surface area contributed by atoms with Gasteiger partial charge in [0.2, 0.25) is 10.5 Å². The molecule has 4 nitrogen and oxygen atoms in total. The van der Waals surface area contributed by atoms with E-state index in [1.807, 2.05) is 0 Å². The summed E-state index contributed by atoms with van der Waals surface area (Å²) in [5.41, 5.74) is 0.0615. The molecular weight excluding hydrogens is 445 g/mol. The number of halogens is 3. The number of aromatic nitrogens is 1. The number of H-pyrrole nitrogens is 1. The molecule has 0 radical (unpaired) electrons. The normalized spacial score (nSPS) is 12.3. The van der Waals surface area contributed by atoms with Crippen molar-refractivity contribution in [2.75, 3.05) is 0 Å². The Morgan fingerprint density at radius 1 is 1.35 bits per heavy atom. The molecule has 134 valence electrons. The van der Waals surface area contributed by atoms with E-state index in [1.54, 1.807) is 12.1 Å². The van der Waals surface area contributed by atoms with Gasteiger partial charge in [-0.2, -0.15) is 0 Å². The molecule has 3 aromatic rings. The number of rotatable bonds is 4. The van der Waals surface area contributed by atoms with Crippen LogP contribution >= 0.6 is 27.5 Å². The lowest BCUT2D eigenvalue weighted by molar-refractivity contribution is 0.101. The second-order valence-electron chi connectivity index (χ2n) is 5.61. The van der Waals surface area contributed by atoms with Crippen molar-refractivity contribution in [3.05, 3.63) is 73.1 Å². The Bertz CT molecular complexity index is 1090. The average molecular weight is 457 g/mol. The molecule has 0 aliphatic heterocycles. The lowest BCUT2D eigenvalue weighted by Gasteiger charge is -2.15. The molecule has 0 bridgehead atoms. The van der Waals surface area contributed by atoms with Crippen LogP contribution in [0.3, 0.4) is 0 Å². The standard InChI is InChI=1S/C18H12BrClFNO3S/c1-9(23)14-17(24)15-13(20)6-5-12(19)16(15)22-18(14)26(25)8-10-3-2-4-11(21)7-10/h2-7H,8H2,1H3,(H,22,24). The molecule has 1 heterocycles. The molecule has 8 heteroatoms. The minimum atomic E-state index is -1.76. The lowest BCUT2D eigenvalue weighted by Crippen LogP contribution is -2.22. The highest BCUT2D eigenvalue weighted by Gasteiger charge is 2.27. The summed E-state index contributed by atoms with van der Waals surface area (Å²) in [5, 5.41) is 0.342. The first-order valence-electron chi connectivity index (χ1n) is 7.47. The Labute approximate surface area is 164 Å². The van der Waals surface area contributed by atoms with Gasteiger partial charge in [0.15, 0.2) is 5.78 Å². The second-order valence-corrected chi connectivity index (χ2v) is 8.26. The van der Waals surface area contributed by atoms with Crippen molar-refractivity contribution in [2.45, 2.75) is 17.7 Å². The topological polar surface area (TPSA) is 73.0 Å². The van der Waals surface area contributed by atoms with Gasteiger partial charge >= 0.3 is 0 Å². The maximum atomic E-state index is 13.4. The van der Waals surface area contributed by atoms with Crippen LogP contribution in [0.1, 0.15) is 22.8 Å². The van der Waals surface area contributed by atoms with Gasteiger partial charge in [-0.15, -0.1) is 0 Å². The van der Waals surface area contributed by atoms with Gasteiger partial charge in [-0.05, 0) is 47.1 Å². The summed E-state index contributed by atoms with van der Waals surface area (Å²) >= 11 is 7.68. The zero-order valence-corrected chi connectivity index (χ0v) is 16.6. The van der Waals surface area contributed by atoms with Crippen LogP contribution in [0.4, 0.5) is 4.39 Å². The van der Waals surface area contributed by atoms with Crippen molar-refractivity contribution in [1.29, 1.82) is 0 Å². The predicted octanol–water partition coefficient (Wildman–Crippen LogP) is 4.59. The van der Waals surface area contributed by atoms with E-state index in [2.05, 4.69) is 20.9 Å². The molecule has 3 rings (SSSR count). The van der Waals surface area contributed by atoms with Crippen LogP contribution in [0, 0.1) is 5.82 Å². The highest BCUT2D eigenvalue weighted by molar-refractivity contribution is 9.10. The van der Waals surface area contributed by atoms with Crippen molar-refractivity contribution in [3.63, 3.8) is 0 Å². The first-order valence-corrected chi connectivity index (χ1v) is 9.96. The first kappa shape index (κ1) is 19.1. The molecule has 2 aromatic carbocycles. The quantitative estimate of drug-likeness (QED) is 0.461. The number of nitrogens with one attached hydrogen (secondary N) is 1. The number of carbonyl (C=O) groups is 1. The Kier molecular flexibility index (Phi) is 5.53. The fourth-order valence-electron chi connectivity index (χ4n) is 2.64. The molecule has 26 heavy (non-hydrogen) atoms. The third-order valence-corrected chi connectivity index (χ3v) is 6.12. The Balaban J connectivity index is 2.21. The zero-order valence-electron chi connectivity index (χ0n) is 13.4. The van der Waals surface area contributed by atoms with E-state index in [0.29, 0.717) is 15.6 Å². The zero-order chi connectivity index (χ0) is 19.0. The maximum absolute atomic E-state index is 13.4. The molecule has 0 aliphatic rings. The van der Waals surface area contributed by atoms with E-state index >= 15 is 0 Å². The fraction of sp³-hybridized carbons (Fsp3) is 0.111. The molecule has 1 unspecified atom stereocenters. The Morgan fingerprint density at radius 2 is 2.08 bits per heavy atom. The number of Topliss-reactive ketones (excluding diaryl/α,β-unsaturated/α-hetero) is 1. The summed E-state index contributed by atoms with van der Waals surface area (Å²) in [7, 11) is 0. The van der Waals surface area contributed by atoms with Crippen LogP contribution in [-0.4, -0.2) is 15.3 Å². The SMILES string of the molecule is CC(=O)c1c([S+]([O-])Cc2cccc(F)c2)[nH]c2c(Br)ccc(Cl)c2c1=O.